The van der Waals surface area contributed by atoms with Crippen LogP contribution in [0.15, 0.2) is 48.6 Å². The first-order valence-corrected chi connectivity index (χ1v) is 10.8. The molecule has 0 bridgehead atoms. The molecule has 4 rings (SSSR count). The van der Waals surface area contributed by atoms with E-state index in [1.807, 2.05) is 0 Å². The monoisotopic (exact) mass is 387 g/mol. The topological polar surface area (TPSA) is 42.2 Å². The van der Waals surface area contributed by atoms with Gasteiger partial charge in [-0.05, 0) is 86.3 Å². The Morgan fingerprint density at radius 2 is 1.93 bits per heavy atom. The number of aromatic nitrogens is 1. The number of piperidine rings is 1. The molecule has 1 aliphatic heterocycles. The lowest BCUT2D eigenvalue weighted by Crippen LogP contribution is -2.44. The Kier molecular flexibility index (Phi) is 5.35. The number of pyridine rings is 1. The lowest BCUT2D eigenvalue weighted by molar-refractivity contribution is 0.187. The van der Waals surface area contributed by atoms with Crippen molar-refractivity contribution in [2.24, 2.45) is 11.1 Å². The minimum Gasteiger partial charge on any atom is -0.356 e. The van der Waals surface area contributed by atoms with E-state index in [4.69, 9.17) is 10.7 Å². The fraction of sp³-hybridized carbons (Fsp3) is 0.423. The first-order valence-electron chi connectivity index (χ1n) is 10.8. The maximum absolute atomic E-state index is 6.76. The SMILES string of the molecule is C/C=C\C=C(/C)c1cc(C)nc(N2CCC3(CC2)Cc2ccccc2C3N)c1C. The molecule has 29 heavy (non-hydrogen) atoms. The summed E-state index contributed by atoms with van der Waals surface area (Å²) < 4.78 is 0. The smallest absolute Gasteiger partial charge is 0.132 e. The van der Waals surface area contributed by atoms with Gasteiger partial charge in [0.1, 0.15) is 5.82 Å². The van der Waals surface area contributed by atoms with E-state index >= 15 is 0 Å². The largest absolute Gasteiger partial charge is 0.356 e. The highest BCUT2D eigenvalue weighted by atomic mass is 15.2. The zero-order valence-electron chi connectivity index (χ0n) is 18.2. The van der Waals surface area contributed by atoms with E-state index in [-0.39, 0.29) is 11.5 Å². The van der Waals surface area contributed by atoms with Gasteiger partial charge < -0.3 is 10.6 Å². The van der Waals surface area contributed by atoms with E-state index in [1.165, 1.54) is 27.8 Å². The van der Waals surface area contributed by atoms with Gasteiger partial charge in [-0.3, -0.25) is 0 Å². The number of anilines is 1. The van der Waals surface area contributed by atoms with Crippen molar-refractivity contribution in [1.82, 2.24) is 4.98 Å². The van der Waals surface area contributed by atoms with E-state index in [2.05, 4.69) is 81.2 Å². The molecule has 1 fully saturated rings. The summed E-state index contributed by atoms with van der Waals surface area (Å²) in [5.41, 5.74) is 14.7. The van der Waals surface area contributed by atoms with Crippen molar-refractivity contribution in [1.29, 1.82) is 0 Å². The van der Waals surface area contributed by atoms with Gasteiger partial charge in [-0.15, -0.1) is 0 Å². The van der Waals surface area contributed by atoms with Gasteiger partial charge in [0.05, 0.1) is 0 Å². The second-order valence-electron chi connectivity index (χ2n) is 8.84. The Bertz CT molecular complexity index is 962. The van der Waals surface area contributed by atoms with Crippen LogP contribution in [0.4, 0.5) is 5.82 Å². The number of nitrogens with two attached hydrogens (primary N) is 1. The molecule has 1 unspecified atom stereocenters. The van der Waals surface area contributed by atoms with Crippen LogP contribution in [0, 0.1) is 19.3 Å². The van der Waals surface area contributed by atoms with Gasteiger partial charge >= 0.3 is 0 Å². The molecule has 1 aliphatic carbocycles. The fourth-order valence-corrected chi connectivity index (χ4v) is 5.24. The summed E-state index contributed by atoms with van der Waals surface area (Å²) in [6.07, 6.45) is 9.73. The number of benzene rings is 1. The minimum atomic E-state index is 0.161. The van der Waals surface area contributed by atoms with Gasteiger partial charge in [0, 0.05) is 24.8 Å². The Hall–Kier alpha value is -2.39. The third-order valence-electron chi connectivity index (χ3n) is 6.99. The van der Waals surface area contributed by atoms with Crippen LogP contribution in [-0.2, 0) is 6.42 Å². The van der Waals surface area contributed by atoms with Crippen LogP contribution in [0.25, 0.3) is 5.57 Å². The van der Waals surface area contributed by atoms with Gasteiger partial charge in [-0.25, -0.2) is 4.98 Å². The molecular formula is C26H33N3. The number of rotatable bonds is 3. The molecule has 2 heterocycles. The van der Waals surface area contributed by atoms with Crippen LogP contribution < -0.4 is 10.6 Å². The molecule has 3 heteroatoms. The van der Waals surface area contributed by atoms with Crippen molar-refractivity contribution in [2.45, 2.75) is 53.0 Å². The standard InChI is InChI=1S/C26H33N3/c1-5-6-9-18(2)23-16-19(3)28-25(20(23)4)29-14-12-26(13-15-29)17-21-10-7-8-11-22(21)24(26)27/h5-11,16,24H,12-15,17,27H2,1-4H3/b6-5-,18-9+. The molecule has 0 amide bonds. The van der Waals surface area contributed by atoms with Crippen LogP contribution in [0.2, 0.25) is 0 Å². The Morgan fingerprint density at radius 3 is 2.62 bits per heavy atom. The summed E-state index contributed by atoms with van der Waals surface area (Å²) in [5.74, 6) is 1.15. The highest BCUT2D eigenvalue weighted by molar-refractivity contribution is 5.72. The average molecular weight is 388 g/mol. The van der Waals surface area contributed by atoms with Crippen molar-refractivity contribution >= 4 is 11.4 Å². The fourth-order valence-electron chi connectivity index (χ4n) is 5.24. The van der Waals surface area contributed by atoms with Crippen molar-refractivity contribution in [2.75, 3.05) is 18.0 Å². The van der Waals surface area contributed by atoms with Gasteiger partial charge in [-0.2, -0.15) is 0 Å². The molecule has 1 spiro atoms. The van der Waals surface area contributed by atoms with Crippen molar-refractivity contribution < 1.29 is 0 Å². The molecule has 1 aromatic carbocycles. The Morgan fingerprint density at radius 1 is 1.21 bits per heavy atom. The zero-order chi connectivity index (χ0) is 20.6. The first-order chi connectivity index (χ1) is 13.9. The first kappa shape index (κ1) is 19.9. The van der Waals surface area contributed by atoms with Crippen LogP contribution in [-0.4, -0.2) is 18.1 Å². The third kappa shape index (κ3) is 3.53. The predicted molar refractivity (Wildman–Crippen MR) is 123 cm³/mol. The zero-order valence-corrected chi connectivity index (χ0v) is 18.2. The van der Waals surface area contributed by atoms with Crippen molar-refractivity contribution in [3.05, 3.63) is 76.5 Å². The molecular weight excluding hydrogens is 354 g/mol. The Labute approximate surface area is 175 Å². The predicted octanol–water partition coefficient (Wildman–Crippen LogP) is 5.52. The molecule has 2 aliphatic rings. The molecule has 0 radical (unpaired) electrons. The molecule has 2 N–H and O–H groups in total. The quantitative estimate of drug-likeness (QED) is 0.705. The maximum atomic E-state index is 6.76. The normalized spacial score (nSPS) is 21.2. The van der Waals surface area contributed by atoms with Crippen LogP contribution >= 0.6 is 0 Å². The highest BCUT2D eigenvalue weighted by Crippen LogP contribution is 2.51. The lowest BCUT2D eigenvalue weighted by Gasteiger charge is -2.43. The van der Waals surface area contributed by atoms with Gasteiger partial charge in [-0.1, -0.05) is 42.5 Å². The van der Waals surface area contributed by atoms with Crippen LogP contribution in [0.5, 0.6) is 0 Å². The maximum Gasteiger partial charge on any atom is 0.132 e. The lowest BCUT2D eigenvalue weighted by atomic mass is 9.73. The minimum absolute atomic E-state index is 0.161. The second kappa shape index (κ2) is 7.79. The second-order valence-corrected chi connectivity index (χ2v) is 8.84. The summed E-state index contributed by atoms with van der Waals surface area (Å²) in [7, 11) is 0. The van der Waals surface area contributed by atoms with E-state index in [1.54, 1.807) is 0 Å². The Balaban J connectivity index is 1.58. The van der Waals surface area contributed by atoms with Gasteiger partial charge in [0.15, 0.2) is 0 Å². The molecule has 2 aromatic rings. The number of hydrogen-bond acceptors (Lipinski definition) is 3. The molecule has 1 saturated heterocycles. The van der Waals surface area contributed by atoms with E-state index < -0.39 is 0 Å². The average Bonchev–Trinajstić information content (AvgIpc) is 3.00. The number of hydrogen-bond donors (Lipinski definition) is 1. The van der Waals surface area contributed by atoms with Crippen molar-refractivity contribution in [3.63, 3.8) is 0 Å². The van der Waals surface area contributed by atoms with Crippen LogP contribution in [0.1, 0.15) is 60.7 Å². The molecule has 0 saturated carbocycles. The van der Waals surface area contributed by atoms with Crippen molar-refractivity contribution in [3.8, 4) is 0 Å². The van der Waals surface area contributed by atoms with Gasteiger partial charge in [0.25, 0.3) is 0 Å². The third-order valence-corrected chi connectivity index (χ3v) is 6.99. The summed E-state index contributed by atoms with van der Waals surface area (Å²) in [6, 6.07) is 11.1. The number of allylic oxidation sites excluding steroid dienone is 4. The van der Waals surface area contributed by atoms with Gasteiger partial charge in [0.2, 0.25) is 0 Å². The molecule has 152 valence electrons. The van der Waals surface area contributed by atoms with E-state index in [0.29, 0.717) is 0 Å². The molecule has 3 nitrogen and oxygen atoms in total. The summed E-state index contributed by atoms with van der Waals surface area (Å²) >= 11 is 0. The van der Waals surface area contributed by atoms with Crippen LogP contribution in [0.3, 0.4) is 0 Å². The van der Waals surface area contributed by atoms with E-state index in [9.17, 15) is 0 Å². The number of nitrogens with zero attached hydrogens (tertiary/aromatic N) is 2. The highest BCUT2D eigenvalue weighted by Gasteiger charge is 2.46. The summed E-state index contributed by atoms with van der Waals surface area (Å²) in [6.45, 7) is 10.6. The number of aryl methyl sites for hydroxylation is 1. The summed E-state index contributed by atoms with van der Waals surface area (Å²) in [5, 5.41) is 0. The molecule has 1 aromatic heterocycles. The number of fused-ring (bicyclic) bond motifs is 1. The summed E-state index contributed by atoms with van der Waals surface area (Å²) in [4.78, 5) is 7.42. The molecule has 1 atom stereocenters. The van der Waals surface area contributed by atoms with E-state index in [0.717, 1.165) is 43.9 Å².